The molecule has 0 saturated carbocycles. The monoisotopic (exact) mass is 500 g/mol. The Morgan fingerprint density at radius 2 is 1.29 bits per heavy atom. The highest BCUT2D eigenvalue weighted by Gasteiger charge is 2.35. The number of likely N-dealkylation sites (tertiary alicyclic amines) is 1. The molecule has 0 aromatic rings. The summed E-state index contributed by atoms with van der Waals surface area (Å²) >= 11 is 0. The number of guanidine groups is 1. The molecule has 1 heterocycles. The summed E-state index contributed by atoms with van der Waals surface area (Å²) in [6, 6.07) is -1.16. The van der Waals surface area contributed by atoms with Gasteiger partial charge in [0.2, 0.25) is 5.96 Å². The fraction of sp³-hybridized carbons (Fsp3) is 0.783. The molecule has 3 amide bonds. The molecule has 1 unspecified atom stereocenters. The number of aliphatic carboxylic acids is 1. The first kappa shape index (κ1) is 30.0. The van der Waals surface area contributed by atoms with Crippen molar-refractivity contribution in [1.82, 2.24) is 15.5 Å². The fourth-order valence-electron chi connectivity index (χ4n) is 3.20. The van der Waals surface area contributed by atoms with E-state index in [9.17, 15) is 24.3 Å². The third kappa shape index (κ3) is 12.3. The standard InChI is InChI=1S/C23H40N4O8/c1-21(2,3)33-18(30)24-15(16(28)29)14-10-12-27(13-11-14)17(25-19(31)34-22(4,5)6)26-20(32)35-23(7,8)9/h14-15H,10-13H2,1-9H3,(H,24,30)(H,28,29)(H,25,26,31,32). The Bertz CT molecular complexity index is 813. The summed E-state index contributed by atoms with van der Waals surface area (Å²) in [6.07, 6.45) is -1.81. The van der Waals surface area contributed by atoms with Crippen LogP contribution in [0.5, 0.6) is 0 Å². The van der Waals surface area contributed by atoms with Crippen molar-refractivity contribution in [1.29, 1.82) is 0 Å². The number of hydrogen-bond acceptors (Lipinski definition) is 7. The molecule has 3 N–H and O–H groups in total. The number of rotatable bonds is 3. The predicted octanol–water partition coefficient (Wildman–Crippen LogP) is 3.49. The molecule has 1 atom stereocenters. The second-order valence-electron chi connectivity index (χ2n) is 11.3. The molecule has 0 aromatic heterocycles. The minimum atomic E-state index is -1.18. The molecule has 1 aliphatic heterocycles. The Hall–Kier alpha value is -3.05. The third-order valence-electron chi connectivity index (χ3n) is 4.45. The second kappa shape index (κ2) is 11.6. The molecule has 12 heteroatoms. The molecule has 0 aromatic carbocycles. The summed E-state index contributed by atoms with van der Waals surface area (Å²) in [5, 5.41) is 14.6. The number of carboxylic acids is 1. The molecule has 200 valence electrons. The van der Waals surface area contributed by atoms with Crippen molar-refractivity contribution >= 4 is 30.2 Å². The van der Waals surface area contributed by atoms with Crippen LogP contribution in [-0.4, -0.2) is 76.1 Å². The van der Waals surface area contributed by atoms with Crippen LogP contribution in [-0.2, 0) is 19.0 Å². The van der Waals surface area contributed by atoms with Crippen LogP contribution in [0, 0.1) is 5.92 Å². The van der Waals surface area contributed by atoms with E-state index in [-0.39, 0.29) is 19.0 Å². The number of ether oxygens (including phenoxy) is 3. The van der Waals surface area contributed by atoms with Gasteiger partial charge in [-0.3, -0.25) is 5.32 Å². The molecule has 1 saturated heterocycles. The largest absolute Gasteiger partial charge is 0.480 e. The van der Waals surface area contributed by atoms with E-state index in [0.717, 1.165) is 0 Å². The van der Waals surface area contributed by atoms with E-state index in [0.29, 0.717) is 12.8 Å². The summed E-state index contributed by atoms with van der Waals surface area (Å²) in [5.41, 5.74) is -2.32. The molecule has 12 nitrogen and oxygen atoms in total. The maximum Gasteiger partial charge on any atom is 0.437 e. The van der Waals surface area contributed by atoms with Gasteiger partial charge in [0.25, 0.3) is 0 Å². The number of amides is 3. The van der Waals surface area contributed by atoms with Crippen molar-refractivity contribution in [3.8, 4) is 0 Å². The fourth-order valence-corrected chi connectivity index (χ4v) is 3.20. The Balaban J connectivity index is 2.97. The summed E-state index contributed by atoms with van der Waals surface area (Å²) in [4.78, 5) is 54.1. The average Bonchev–Trinajstić information content (AvgIpc) is 2.61. The van der Waals surface area contributed by atoms with Crippen molar-refractivity contribution in [2.24, 2.45) is 10.9 Å². The molecule has 1 rings (SSSR count). The first-order valence-corrected chi connectivity index (χ1v) is 11.5. The summed E-state index contributed by atoms with van der Waals surface area (Å²) in [5.74, 6) is -1.64. The summed E-state index contributed by atoms with van der Waals surface area (Å²) in [7, 11) is 0. The zero-order valence-electron chi connectivity index (χ0n) is 22.2. The quantitative estimate of drug-likeness (QED) is 0.300. The van der Waals surface area contributed by atoms with E-state index in [1.807, 2.05) is 0 Å². The average molecular weight is 501 g/mol. The number of nitrogens with one attached hydrogen (secondary N) is 2. The van der Waals surface area contributed by atoms with Crippen LogP contribution < -0.4 is 10.6 Å². The zero-order valence-corrected chi connectivity index (χ0v) is 22.2. The molecule has 1 aliphatic rings. The van der Waals surface area contributed by atoms with Crippen molar-refractivity contribution in [2.45, 2.75) is 98.0 Å². The van der Waals surface area contributed by atoms with E-state index in [1.165, 1.54) is 0 Å². The van der Waals surface area contributed by atoms with Crippen LogP contribution in [0.2, 0.25) is 0 Å². The Morgan fingerprint density at radius 3 is 1.71 bits per heavy atom. The van der Waals surface area contributed by atoms with Crippen LogP contribution in [0.15, 0.2) is 4.99 Å². The first-order valence-electron chi connectivity index (χ1n) is 11.5. The molecule has 0 radical (unpaired) electrons. The summed E-state index contributed by atoms with van der Waals surface area (Å²) in [6.45, 7) is 15.8. The number of carboxylic acid groups (broad SMARTS) is 1. The SMILES string of the molecule is CC(C)(C)OC(=O)N=C(NC(=O)OC(C)(C)C)N1CCC(C(NC(=O)OC(C)(C)C)C(=O)O)CC1. The number of nitrogens with zero attached hydrogens (tertiary/aromatic N) is 2. The van der Waals surface area contributed by atoms with Crippen molar-refractivity contribution in [2.75, 3.05) is 13.1 Å². The highest BCUT2D eigenvalue weighted by atomic mass is 16.6. The van der Waals surface area contributed by atoms with E-state index in [4.69, 9.17) is 14.2 Å². The van der Waals surface area contributed by atoms with Crippen LogP contribution in [0.1, 0.15) is 75.2 Å². The lowest BCUT2D eigenvalue weighted by Crippen LogP contribution is -2.53. The van der Waals surface area contributed by atoms with Crippen molar-refractivity contribution in [3.63, 3.8) is 0 Å². The lowest BCUT2D eigenvalue weighted by molar-refractivity contribution is -0.141. The minimum Gasteiger partial charge on any atom is -0.480 e. The molecule has 0 spiro atoms. The molecular formula is C23H40N4O8. The Morgan fingerprint density at radius 1 is 0.829 bits per heavy atom. The van der Waals surface area contributed by atoms with Gasteiger partial charge in [0.1, 0.15) is 22.8 Å². The second-order valence-corrected chi connectivity index (χ2v) is 11.3. The number of hydrogen-bond donors (Lipinski definition) is 3. The van der Waals surface area contributed by atoms with Gasteiger partial charge in [-0.2, -0.15) is 0 Å². The van der Waals surface area contributed by atoms with E-state index in [1.54, 1.807) is 67.2 Å². The highest BCUT2D eigenvalue weighted by Crippen LogP contribution is 2.22. The molecule has 0 bridgehead atoms. The van der Waals surface area contributed by atoms with E-state index >= 15 is 0 Å². The lowest BCUT2D eigenvalue weighted by atomic mass is 9.89. The van der Waals surface area contributed by atoms with Crippen molar-refractivity contribution < 1.29 is 38.5 Å². The van der Waals surface area contributed by atoms with Gasteiger partial charge in [0.15, 0.2) is 0 Å². The lowest BCUT2D eigenvalue weighted by Gasteiger charge is -2.36. The normalized spacial score (nSPS) is 16.7. The maximum absolute atomic E-state index is 12.3. The number of carbonyl (C=O) groups is 4. The smallest absolute Gasteiger partial charge is 0.437 e. The van der Waals surface area contributed by atoms with Crippen LogP contribution in [0.3, 0.4) is 0 Å². The van der Waals surface area contributed by atoms with Gasteiger partial charge in [-0.05, 0) is 81.1 Å². The van der Waals surface area contributed by atoms with Gasteiger partial charge in [-0.15, -0.1) is 4.99 Å². The van der Waals surface area contributed by atoms with Crippen LogP contribution in [0.25, 0.3) is 0 Å². The maximum atomic E-state index is 12.3. The number of carbonyl (C=O) groups excluding carboxylic acids is 3. The molecule has 0 aliphatic carbocycles. The third-order valence-corrected chi connectivity index (χ3v) is 4.45. The minimum absolute atomic E-state index is 0.0565. The van der Waals surface area contributed by atoms with E-state index in [2.05, 4.69) is 15.6 Å². The topological polar surface area (TPSA) is 156 Å². The Labute approximate surface area is 206 Å². The number of piperidine rings is 1. The van der Waals surface area contributed by atoms with Crippen LogP contribution >= 0.6 is 0 Å². The molecular weight excluding hydrogens is 460 g/mol. The van der Waals surface area contributed by atoms with Gasteiger partial charge in [-0.1, -0.05) is 0 Å². The number of alkyl carbamates (subject to hydrolysis) is 2. The zero-order chi connectivity index (χ0) is 27.2. The number of aliphatic imine (C=N–C) groups is 1. The van der Waals surface area contributed by atoms with Gasteiger partial charge in [-0.25, -0.2) is 19.2 Å². The van der Waals surface area contributed by atoms with Gasteiger partial charge >= 0.3 is 24.2 Å². The van der Waals surface area contributed by atoms with Crippen LogP contribution in [0.4, 0.5) is 14.4 Å². The van der Waals surface area contributed by atoms with Gasteiger partial charge < -0.3 is 29.5 Å². The summed E-state index contributed by atoms with van der Waals surface area (Å²) < 4.78 is 15.7. The molecule has 35 heavy (non-hydrogen) atoms. The van der Waals surface area contributed by atoms with Gasteiger partial charge in [0.05, 0.1) is 0 Å². The van der Waals surface area contributed by atoms with Crippen molar-refractivity contribution in [3.05, 3.63) is 0 Å². The Kier molecular flexibility index (Phi) is 9.93. The van der Waals surface area contributed by atoms with E-state index < -0.39 is 53.0 Å². The first-order chi connectivity index (χ1) is 15.8. The molecule has 1 fully saturated rings. The van der Waals surface area contributed by atoms with Gasteiger partial charge in [0, 0.05) is 13.1 Å². The predicted molar refractivity (Wildman–Crippen MR) is 128 cm³/mol. The highest BCUT2D eigenvalue weighted by molar-refractivity contribution is 5.99.